The number of rotatable bonds is 3. The van der Waals surface area contributed by atoms with E-state index in [1.807, 2.05) is 32.4 Å². The fourth-order valence-electron chi connectivity index (χ4n) is 3.31. The lowest BCUT2D eigenvalue weighted by Gasteiger charge is -2.31. The van der Waals surface area contributed by atoms with Crippen molar-refractivity contribution in [2.24, 2.45) is 7.05 Å². The topological polar surface area (TPSA) is 53.9 Å². The van der Waals surface area contributed by atoms with E-state index in [0.717, 1.165) is 49.3 Å². The van der Waals surface area contributed by atoms with E-state index >= 15 is 0 Å². The van der Waals surface area contributed by atoms with Gasteiger partial charge in [0, 0.05) is 54.9 Å². The maximum atomic E-state index is 12.0. The van der Waals surface area contributed by atoms with Gasteiger partial charge >= 0.3 is 0 Å². The first-order valence-electron chi connectivity index (χ1n) is 7.93. The summed E-state index contributed by atoms with van der Waals surface area (Å²) in [4.78, 5) is 22.2. The average Bonchev–Trinajstić information content (AvgIpc) is 2.95. The van der Waals surface area contributed by atoms with Crippen molar-refractivity contribution in [1.82, 2.24) is 19.4 Å². The smallest absolute Gasteiger partial charge is 0.187 e. The summed E-state index contributed by atoms with van der Waals surface area (Å²) in [5.74, 6) is 1.74. The van der Waals surface area contributed by atoms with Crippen LogP contribution in [0, 0.1) is 13.8 Å². The van der Waals surface area contributed by atoms with Crippen molar-refractivity contribution in [3.8, 4) is 0 Å². The average molecular weight is 300 g/mol. The number of nitrogens with one attached hydrogen (secondary N) is 1. The van der Waals surface area contributed by atoms with Gasteiger partial charge in [0.15, 0.2) is 5.43 Å². The molecule has 2 aromatic heterocycles. The number of hydrogen-bond acceptors (Lipinski definition) is 3. The van der Waals surface area contributed by atoms with Crippen LogP contribution in [-0.2, 0) is 13.6 Å². The second kappa shape index (κ2) is 6.08. The first-order valence-corrected chi connectivity index (χ1v) is 7.93. The molecule has 118 valence electrons. The van der Waals surface area contributed by atoms with Gasteiger partial charge in [0.2, 0.25) is 0 Å². The molecule has 0 saturated carbocycles. The molecule has 3 heterocycles. The van der Waals surface area contributed by atoms with Gasteiger partial charge in [-0.1, -0.05) is 0 Å². The molecule has 5 nitrogen and oxygen atoms in total. The molecule has 1 fully saturated rings. The number of aromatic amines is 1. The first kappa shape index (κ1) is 15.0. The number of likely N-dealkylation sites (tertiary alicyclic amines) is 1. The van der Waals surface area contributed by atoms with Crippen LogP contribution < -0.4 is 5.43 Å². The summed E-state index contributed by atoms with van der Waals surface area (Å²) in [6, 6.07) is 0. The Morgan fingerprint density at radius 1 is 1.32 bits per heavy atom. The Hall–Kier alpha value is -1.88. The lowest BCUT2D eigenvalue weighted by molar-refractivity contribution is 0.198. The van der Waals surface area contributed by atoms with Crippen molar-refractivity contribution in [3.63, 3.8) is 0 Å². The molecule has 3 rings (SSSR count). The first-order chi connectivity index (χ1) is 10.6. The maximum absolute atomic E-state index is 12.0. The van der Waals surface area contributed by atoms with E-state index in [9.17, 15) is 4.79 Å². The van der Waals surface area contributed by atoms with Gasteiger partial charge in [-0.15, -0.1) is 0 Å². The highest BCUT2D eigenvalue weighted by molar-refractivity contribution is 5.23. The zero-order chi connectivity index (χ0) is 15.7. The van der Waals surface area contributed by atoms with Crippen LogP contribution in [0.15, 0.2) is 23.4 Å². The van der Waals surface area contributed by atoms with Gasteiger partial charge in [0.1, 0.15) is 5.82 Å². The number of aromatic nitrogens is 3. The molecule has 1 saturated heterocycles. The SMILES string of the molecule is Cc1c[nH]c(CN2CCC(c3nccn3C)CC2)c(C)c1=O. The Bertz CT molecular complexity index is 708. The summed E-state index contributed by atoms with van der Waals surface area (Å²) >= 11 is 0. The molecular formula is C17H24N4O. The zero-order valence-electron chi connectivity index (χ0n) is 13.6. The van der Waals surface area contributed by atoms with E-state index in [4.69, 9.17) is 0 Å². The van der Waals surface area contributed by atoms with Crippen molar-refractivity contribution in [1.29, 1.82) is 0 Å². The summed E-state index contributed by atoms with van der Waals surface area (Å²) in [5.41, 5.74) is 2.85. The third-order valence-corrected chi connectivity index (χ3v) is 4.81. The van der Waals surface area contributed by atoms with Gasteiger partial charge in [-0.3, -0.25) is 9.69 Å². The molecular weight excluding hydrogens is 276 g/mol. The number of H-pyrrole nitrogens is 1. The molecule has 0 atom stereocenters. The van der Waals surface area contributed by atoms with Crippen LogP contribution in [-0.4, -0.2) is 32.5 Å². The van der Waals surface area contributed by atoms with Crippen LogP contribution in [0.2, 0.25) is 0 Å². The molecule has 5 heteroatoms. The van der Waals surface area contributed by atoms with Gasteiger partial charge in [0.25, 0.3) is 0 Å². The summed E-state index contributed by atoms with van der Waals surface area (Å²) in [6.07, 6.45) is 7.97. The molecule has 0 bridgehead atoms. The second-order valence-electron chi connectivity index (χ2n) is 6.35. The largest absolute Gasteiger partial charge is 0.363 e. The Kier molecular flexibility index (Phi) is 4.16. The van der Waals surface area contributed by atoms with E-state index in [0.29, 0.717) is 5.92 Å². The van der Waals surface area contributed by atoms with Crippen LogP contribution in [0.3, 0.4) is 0 Å². The van der Waals surface area contributed by atoms with Gasteiger partial charge in [-0.25, -0.2) is 4.98 Å². The molecule has 0 spiro atoms. The second-order valence-corrected chi connectivity index (χ2v) is 6.35. The van der Waals surface area contributed by atoms with Crippen molar-refractivity contribution >= 4 is 0 Å². The molecule has 1 N–H and O–H groups in total. The predicted octanol–water partition coefficient (Wildman–Crippen LogP) is 2.10. The molecule has 1 aliphatic heterocycles. The van der Waals surface area contributed by atoms with Crippen molar-refractivity contribution < 1.29 is 0 Å². The minimum absolute atomic E-state index is 0.164. The Labute approximate surface area is 131 Å². The highest BCUT2D eigenvalue weighted by Crippen LogP contribution is 2.27. The van der Waals surface area contributed by atoms with Crippen LogP contribution >= 0.6 is 0 Å². The number of aryl methyl sites for hydroxylation is 2. The number of imidazole rings is 1. The monoisotopic (exact) mass is 300 g/mol. The fourth-order valence-corrected chi connectivity index (χ4v) is 3.31. The number of nitrogens with zero attached hydrogens (tertiary/aromatic N) is 3. The molecule has 0 aromatic carbocycles. The van der Waals surface area contributed by atoms with E-state index in [-0.39, 0.29) is 5.43 Å². The minimum Gasteiger partial charge on any atom is -0.363 e. The summed E-state index contributed by atoms with van der Waals surface area (Å²) in [7, 11) is 2.06. The van der Waals surface area contributed by atoms with Gasteiger partial charge in [-0.2, -0.15) is 0 Å². The summed E-state index contributed by atoms with van der Waals surface area (Å²) in [5, 5.41) is 0. The maximum Gasteiger partial charge on any atom is 0.187 e. The van der Waals surface area contributed by atoms with Crippen LogP contribution in [0.4, 0.5) is 0 Å². The minimum atomic E-state index is 0.164. The highest BCUT2D eigenvalue weighted by Gasteiger charge is 2.23. The van der Waals surface area contributed by atoms with Crippen LogP contribution in [0.25, 0.3) is 0 Å². The number of piperidine rings is 1. The number of hydrogen-bond donors (Lipinski definition) is 1. The molecule has 22 heavy (non-hydrogen) atoms. The van der Waals surface area contributed by atoms with E-state index in [2.05, 4.69) is 26.5 Å². The lowest BCUT2D eigenvalue weighted by atomic mass is 9.95. The Morgan fingerprint density at radius 2 is 2.05 bits per heavy atom. The predicted molar refractivity (Wildman–Crippen MR) is 87.0 cm³/mol. The van der Waals surface area contributed by atoms with E-state index < -0.39 is 0 Å². The summed E-state index contributed by atoms with van der Waals surface area (Å²) in [6.45, 7) is 6.70. The molecule has 0 unspecified atom stereocenters. The third kappa shape index (κ3) is 2.86. The molecule has 0 radical (unpaired) electrons. The quantitative estimate of drug-likeness (QED) is 0.944. The molecule has 2 aromatic rings. The number of pyridine rings is 1. The molecule has 1 aliphatic rings. The van der Waals surface area contributed by atoms with Crippen molar-refractivity contribution in [2.75, 3.05) is 13.1 Å². The van der Waals surface area contributed by atoms with Crippen LogP contribution in [0.5, 0.6) is 0 Å². The summed E-state index contributed by atoms with van der Waals surface area (Å²) < 4.78 is 2.13. The van der Waals surface area contributed by atoms with Gasteiger partial charge in [-0.05, 0) is 39.8 Å². The lowest BCUT2D eigenvalue weighted by Crippen LogP contribution is -2.34. The Morgan fingerprint density at radius 3 is 2.68 bits per heavy atom. The van der Waals surface area contributed by atoms with E-state index in [1.54, 1.807) is 0 Å². The molecule has 0 aliphatic carbocycles. The fraction of sp³-hybridized carbons (Fsp3) is 0.529. The van der Waals surface area contributed by atoms with Gasteiger partial charge < -0.3 is 9.55 Å². The van der Waals surface area contributed by atoms with Crippen molar-refractivity contribution in [2.45, 2.75) is 39.2 Å². The highest BCUT2D eigenvalue weighted by atomic mass is 16.1. The van der Waals surface area contributed by atoms with Gasteiger partial charge in [0.05, 0.1) is 0 Å². The van der Waals surface area contributed by atoms with E-state index in [1.165, 1.54) is 5.82 Å². The van der Waals surface area contributed by atoms with Crippen molar-refractivity contribution in [3.05, 3.63) is 51.5 Å². The zero-order valence-corrected chi connectivity index (χ0v) is 13.6. The molecule has 0 amide bonds. The Balaban J connectivity index is 1.64. The normalized spacial score (nSPS) is 17.0. The van der Waals surface area contributed by atoms with Crippen LogP contribution in [0.1, 0.15) is 41.4 Å². The third-order valence-electron chi connectivity index (χ3n) is 4.81. The standard InChI is InChI=1S/C17H24N4O/c1-12-10-19-15(13(2)16(12)22)11-21-7-4-14(5-8-21)17-18-6-9-20(17)3/h6,9-10,14H,4-5,7-8,11H2,1-3H3,(H,19,22).